The van der Waals surface area contributed by atoms with Gasteiger partial charge in [-0.25, -0.2) is 4.98 Å². The predicted molar refractivity (Wildman–Crippen MR) is 111 cm³/mol. The molecule has 1 aromatic carbocycles. The average molecular weight is 395 g/mol. The third-order valence-electron chi connectivity index (χ3n) is 5.04. The summed E-state index contributed by atoms with van der Waals surface area (Å²) in [4.78, 5) is 31.4. The van der Waals surface area contributed by atoms with Crippen LogP contribution in [0.25, 0.3) is 0 Å². The Bertz CT molecular complexity index is 997. The number of fused-ring (bicyclic) bond motifs is 1. The number of aromatic nitrogens is 1. The van der Waals surface area contributed by atoms with Crippen LogP contribution in [0.15, 0.2) is 29.3 Å². The number of nitriles is 1. The normalized spacial score (nSPS) is 16.0. The van der Waals surface area contributed by atoms with Gasteiger partial charge in [0.15, 0.2) is 0 Å². The van der Waals surface area contributed by atoms with Gasteiger partial charge in [-0.05, 0) is 51.0 Å². The fraction of sp³-hybridized carbons (Fsp3) is 0.333. The van der Waals surface area contributed by atoms with Gasteiger partial charge in [0.1, 0.15) is 11.1 Å². The molecule has 0 unspecified atom stereocenters. The molecular formula is C21H22N4O2S. The van der Waals surface area contributed by atoms with Crippen LogP contribution in [0.1, 0.15) is 35.7 Å². The first-order valence-corrected chi connectivity index (χ1v) is 10.0. The largest absolute Gasteiger partial charge is 0.324 e. The molecule has 0 saturated carbocycles. The number of rotatable bonds is 3. The van der Waals surface area contributed by atoms with Gasteiger partial charge in [-0.1, -0.05) is 23.9 Å². The Hall–Kier alpha value is -2.85. The number of anilines is 2. The van der Waals surface area contributed by atoms with Crippen molar-refractivity contribution in [2.45, 2.75) is 45.2 Å². The number of nitrogens with zero attached hydrogens (tertiary/aromatic N) is 3. The summed E-state index contributed by atoms with van der Waals surface area (Å²) in [6, 6.07) is 9.25. The fourth-order valence-corrected chi connectivity index (χ4v) is 4.26. The lowest BCUT2D eigenvalue weighted by Gasteiger charge is -2.27. The van der Waals surface area contributed by atoms with Crippen LogP contribution < -0.4 is 10.2 Å². The molecule has 1 atom stereocenters. The van der Waals surface area contributed by atoms with E-state index in [4.69, 9.17) is 0 Å². The van der Waals surface area contributed by atoms with Crippen molar-refractivity contribution in [3.8, 4) is 6.07 Å². The van der Waals surface area contributed by atoms with Crippen molar-refractivity contribution in [1.29, 1.82) is 5.26 Å². The molecule has 0 aliphatic carbocycles. The number of hydrogen-bond acceptors (Lipinski definition) is 5. The number of amides is 2. The number of thioether (sulfide) groups is 1. The molecule has 2 amide bonds. The highest BCUT2D eigenvalue weighted by Crippen LogP contribution is 2.33. The maximum atomic E-state index is 13.1. The minimum absolute atomic E-state index is 0.110. The summed E-state index contributed by atoms with van der Waals surface area (Å²) in [5, 5.41) is 12.9. The zero-order chi connectivity index (χ0) is 20.4. The molecule has 1 N–H and O–H groups in total. The standard InChI is InChI=1S/C21H22N4O2S/c1-12-9-19(26)24-17-7-5-6-8-18(17)25(12)20(27)11-28-21-16(10-22)14(3)13(2)15(4)23-21/h5-8,12H,9,11H2,1-4H3,(H,24,26)/t12-/m1/s1. The summed E-state index contributed by atoms with van der Waals surface area (Å²) >= 11 is 1.26. The van der Waals surface area contributed by atoms with Crippen molar-refractivity contribution >= 4 is 35.0 Å². The van der Waals surface area contributed by atoms with Crippen molar-refractivity contribution < 1.29 is 9.59 Å². The average Bonchev–Trinajstić information content (AvgIpc) is 2.78. The van der Waals surface area contributed by atoms with E-state index in [1.165, 1.54) is 11.8 Å². The van der Waals surface area contributed by atoms with Crippen LogP contribution in [0, 0.1) is 32.1 Å². The number of para-hydroxylation sites is 2. The maximum Gasteiger partial charge on any atom is 0.237 e. The van der Waals surface area contributed by atoms with Gasteiger partial charge in [-0.3, -0.25) is 9.59 Å². The summed E-state index contributed by atoms with van der Waals surface area (Å²) < 4.78 is 0. The van der Waals surface area contributed by atoms with Crippen LogP contribution in [-0.4, -0.2) is 28.6 Å². The lowest BCUT2D eigenvalue weighted by atomic mass is 10.1. The molecule has 1 aromatic heterocycles. The maximum absolute atomic E-state index is 13.1. The molecule has 3 rings (SSSR count). The number of hydrogen-bond donors (Lipinski definition) is 1. The molecule has 0 spiro atoms. The van der Waals surface area contributed by atoms with Gasteiger partial charge in [0.25, 0.3) is 0 Å². The van der Waals surface area contributed by atoms with Crippen LogP contribution in [0.5, 0.6) is 0 Å². The van der Waals surface area contributed by atoms with Gasteiger partial charge in [0, 0.05) is 18.2 Å². The number of aryl methyl sites for hydroxylation is 1. The molecule has 2 aromatic rings. The molecule has 1 aliphatic heterocycles. The molecule has 1 aliphatic rings. The van der Waals surface area contributed by atoms with Crippen molar-refractivity contribution in [2.24, 2.45) is 0 Å². The van der Waals surface area contributed by atoms with E-state index in [1.807, 2.05) is 45.9 Å². The molecule has 144 valence electrons. The van der Waals surface area contributed by atoms with E-state index in [-0.39, 0.29) is 30.0 Å². The Morgan fingerprint density at radius 3 is 2.75 bits per heavy atom. The first-order chi connectivity index (χ1) is 13.3. The van der Waals surface area contributed by atoms with E-state index in [0.29, 0.717) is 22.0 Å². The quantitative estimate of drug-likeness (QED) is 0.802. The van der Waals surface area contributed by atoms with Crippen LogP contribution in [0.4, 0.5) is 11.4 Å². The zero-order valence-electron chi connectivity index (χ0n) is 16.4. The van der Waals surface area contributed by atoms with Gasteiger partial charge >= 0.3 is 0 Å². The molecule has 0 radical (unpaired) electrons. The van der Waals surface area contributed by atoms with Gasteiger partial charge < -0.3 is 10.2 Å². The number of pyridine rings is 1. The molecule has 0 saturated heterocycles. The Balaban J connectivity index is 1.88. The van der Waals surface area contributed by atoms with Crippen LogP contribution in [0.2, 0.25) is 0 Å². The van der Waals surface area contributed by atoms with Crippen LogP contribution in [0.3, 0.4) is 0 Å². The highest BCUT2D eigenvalue weighted by atomic mass is 32.2. The van der Waals surface area contributed by atoms with Crippen LogP contribution >= 0.6 is 11.8 Å². The summed E-state index contributed by atoms with van der Waals surface area (Å²) in [5.41, 5.74) is 4.58. The molecule has 0 fully saturated rings. The Labute approximate surface area is 169 Å². The van der Waals surface area contributed by atoms with Gasteiger partial charge in [-0.2, -0.15) is 5.26 Å². The highest BCUT2D eigenvalue weighted by molar-refractivity contribution is 8.00. The zero-order valence-corrected chi connectivity index (χ0v) is 17.2. The minimum atomic E-state index is -0.262. The molecule has 2 heterocycles. The second-order valence-electron chi connectivity index (χ2n) is 6.91. The van der Waals surface area contributed by atoms with E-state index in [0.717, 1.165) is 16.8 Å². The van der Waals surface area contributed by atoms with E-state index < -0.39 is 0 Å². The van der Waals surface area contributed by atoms with E-state index in [2.05, 4.69) is 16.4 Å². The molecule has 7 heteroatoms. The molecule has 6 nitrogen and oxygen atoms in total. The molecule has 0 bridgehead atoms. The smallest absolute Gasteiger partial charge is 0.237 e. The summed E-state index contributed by atoms with van der Waals surface area (Å²) in [6.45, 7) is 7.61. The van der Waals surface area contributed by atoms with E-state index in [1.54, 1.807) is 11.0 Å². The number of nitrogens with one attached hydrogen (secondary N) is 1. The van der Waals surface area contributed by atoms with Crippen LogP contribution in [-0.2, 0) is 9.59 Å². The topological polar surface area (TPSA) is 86.1 Å². The Morgan fingerprint density at radius 2 is 2.04 bits per heavy atom. The van der Waals surface area contributed by atoms with Crippen molar-refractivity contribution in [1.82, 2.24) is 4.98 Å². The Morgan fingerprint density at radius 1 is 1.32 bits per heavy atom. The van der Waals surface area contributed by atoms with Gasteiger partial charge in [0.2, 0.25) is 11.8 Å². The first kappa shape index (κ1) is 19.9. The second kappa shape index (κ2) is 8.03. The van der Waals surface area contributed by atoms with Crippen molar-refractivity contribution in [3.63, 3.8) is 0 Å². The summed E-state index contributed by atoms with van der Waals surface area (Å²) in [6.07, 6.45) is 0.232. The van der Waals surface area contributed by atoms with Gasteiger partial charge in [-0.15, -0.1) is 0 Å². The second-order valence-corrected chi connectivity index (χ2v) is 7.87. The lowest BCUT2D eigenvalue weighted by molar-refractivity contribution is -0.117. The monoisotopic (exact) mass is 394 g/mol. The van der Waals surface area contributed by atoms with E-state index >= 15 is 0 Å². The fourth-order valence-electron chi connectivity index (χ4n) is 3.31. The molecule has 28 heavy (non-hydrogen) atoms. The highest BCUT2D eigenvalue weighted by Gasteiger charge is 2.29. The lowest BCUT2D eigenvalue weighted by Crippen LogP contribution is -2.40. The predicted octanol–water partition coefficient (Wildman–Crippen LogP) is 3.73. The van der Waals surface area contributed by atoms with Crippen molar-refractivity contribution in [2.75, 3.05) is 16.0 Å². The number of carbonyl (C=O) groups is 2. The number of benzene rings is 1. The first-order valence-electron chi connectivity index (χ1n) is 9.05. The van der Waals surface area contributed by atoms with Gasteiger partial charge in [0.05, 0.1) is 22.7 Å². The third kappa shape index (κ3) is 3.73. The van der Waals surface area contributed by atoms with E-state index in [9.17, 15) is 14.9 Å². The SMILES string of the molecule is Cc1nc(SCC(=O)N2c3ccccc3NC(=O)C[C@H]2C)c(C#N)c(C)c1C. The van der Waals surface area contributed by atoms with Crippen molar-refractivity contribution in [3.05, 3.63) is 46.6 Å². The Kier molecular flexibility index (Phi) is 5.71. The number of carbonyl (C=O) groups excluding carboxylic acids is 2. The summed E-state index contributed by atoms with van der Waals surface area (Å²) in [5.74, 6) is -0.0969. The summed E-state index contributed by atoms with van der Waals surface area (Å²) in [7, 11) is 0. The third-order valence-corrected chi connectivity index (χ3v) is 6.00. The molecular weight excluding hydrogens is 372 g/mol. The minimum Gasteiger partial charge on any atom is -0.324 e.